The third kappa shape index (κ3) is 2.88. The topological polar surface area (TPSA) is 35.5 Å². The molecule has 0 saturated carbocycles. The molecule has 0 radical (unpaired) electrons. The molecule has 1 aliphatic rings. The highest BCUT2D eigenvalue weighted by Gasteiger charge is 2.38. The van der Waals surface area contributed by atoms with Crippen LogP contribution in [0.15, 0.2) is 12.1 Å². The summed E-state index contributed by atoms with van der Waals surface area (Å²) >= 11 is 0. The largest absolute Gasteiger partial charge is 0.505 e. The zero-order chi connectivity index (χ0) is 14.9. The van der Waals surface area contributed by atoms with Gasteiger partial charge in [-0.15, -0.1) is 0 Å². The molecule has 20 heavy (non-hydrogen) atoms. The number of aromatic hydroxyl groups is 1. The molecule has 2 N–H and O–H groups in total. The minimum Gasteiger partial charge on any atom is -0.505 e. The highest BCUT2D eigenvalue weighted by Crippen LogP contribution is 2.41. The smallest absolute Gasteiger partial charge is 0.416 e. The third-order valence-corrected chi connectivity index (χ3v) is 3.59. The monoisotopic (exact) mass is 292 g/mol. The summed E-state index contributed by atoms with van der Waals surface area (Å²) in [7, 11) is 0. The van der Waals surface area contributed by atoms with Crippen LogP contribution in [0.4, 0.5) is 17.6 Å². The Labute approximate surface area is 114 Å². The van der Waals surface area contributed by atoms with Gasteiger partial charge in [0.15, 0.2) is 11.6 Å². The number of hydrogen-bond donors (Lipinski definition) is 2. The number of hydrogen-bond acceptors (Lipinski definition) is 3. The summed E-state index contributed by atoms with van der Waals surface area (Å²) in [6.45, 7) is 3.96. The fourth-order valence-corrected chi connectivity index (χ4v) is 2.50. The third-order valence-electron chi connectivity index (χ3n) is 3.59. The van der Waals surface area contributed by atoms with E-state index in [1.54, 1.807) is 11.8 Å². The standard InChI is InChI=1S/C13H16F4N2O/c1-8(19-6-4-18-5-7-19)11-9(13(15,16)17)2-3-10(14)12(11)20/h2-3,8,18,20H,4-7H2,1H3/t8-/m0/s1. The fraction of sp³-hybridized carbons (Fsp3) is 0.538. The molecular formula is C13H16F4N2O. The summed E-state index contributed by atoms with van der Waals surface area (Å²) in [6.07, 6.45) is -4.62. The van der Waals surface area contributed by atoms with Crippen LogP contribution in [0, 0.1) is 5.82 Å². The number of nitrogens with zero attached hydrogens (tertiary/aromatic N) is 1. The van der Waals surface area contributed by atoms with E-state index < -0.39 is 29.3 Å². The first-order valence-corrected chi connectivity index (χ1v) is 6.35. The van der Waals surface area contributed by atoms with E-state index in [4.69, 9.17) is 0 Å². The summed E-state index contributed by atoms with van der Waals surface area (Å²) < 4.78 is 52.5. The summed E-state index contributed by atoms with van der Waals surface area (Å²) in [5.41, 5.74) is -1.37. The Balaban J connectivity index is 2.44. The van der Waals surface area contributed by atoms with Crippen molar-refractivity contribution in [3.05, 3.63) is 29.1 Å². The van der Waals surface area contributed by atoms with Crippen molar-refractivity contribution < 1.29 is 22.7 Å². The van der Waals surface area contributed by atoms with E-state index >= 15 is 0 Å². The van der Waals surface area contributed by atoms with Crippen molar-refractivity contribution in [2.45, 2.75) is 19.1 Å². The molecule has 0 unspecified atom stereocenters. The Morgan fingerprint density at radius 2 is 1.85 bits per heavy atom. The average molecular weight is 292 g/mol. The van der Waals surface area contributed by atoms with Crippen LogP contribution in [0.25, 0.3) is 0 Å². The molecule has 2 rings (SSSR count). The van der Waals surface area contributed by atoms with Crippen molar-refractivity contribution in [1.29, 1.82) is 0 Å². The molecule has 1 aliphatic heterocycles. The number of nitrogens with one attached hydrogen (secondary N) is 1. The van der Waals surface area contributed by atoms with Crippen LogP contribution in [-0.4, -0.2) is 36.2 Å². The van der Waals surface area contributed by atoms with Gasteiger partial charge in [-0.2, -0.15) is 13.2 Å². The van der Waals surface area contributed by atoms with E-state index in [-0.39, 0.29) is 5.56 Å². The van der Waals surface area contributed by atoms with Crippen LogP contribution in [0.2, 0.25) is 0 Å². The van der Waals surface area contributed by atoms with Crippen LogP contribution >= 0.6 is 0 Å². The van der Waals surface area contributed by atoms with Gasteiger partial charge in [-0.25, -0.2) is 4.39 Å². The van der Waals surface area contributed by atoms with Crippen molar-refractivity contribution in [2.24, 2.45) is 0 Å². The zero-order valence-electron chi connectivity index (χ0n) is 11.0. The van der Waals surface area contributed by atoms with E-state index in [1.807, 2.05) is 0 Å². The number of alkyl halides is 3. The van der Waals surface area contributed by atoms with Crippen LogP contribution in [0.1, 0.15) is 24.1 Å². The summed E-state index contributed by atoms with van der Waals surface area (Å²) in [6, 6.07) is 0.624. The quantitative estimate of drug-likeness (QED) is 0.822. The second kappa shape index (κ2) is 5.57. The van der Waals surface area contributed by atoms with E-state index in [2.05, 4.69) is 5.32 Å². The number of piperazine rings is 1. The van der Waals surface area contributed by atoms with Gasteiger partial charge < -0.3 is 10.4 Å². The normalized spacial score (nSPS) is 19.1. The lowest BCUT2D eigenvalue weighted by atomic mass is 9.97. The number of phenols is 1. The van der Waals surface area contributed by atoms with Gasteiger partial charge in [-0.3, -0.25) is 4.90 Å². The molecule has 3 nitrogen and oxygen atoms in total. The molecule has 0 aliphatic carbocycles. The van der Waals surface area contributed by atoms with Crippen LogP contribution in [0.3, 0.4) is 0 Å². The SMILES string of the molecule is C[C@@H](c1c(C(F)(F)F)ccc(F)c1O)N1CCNCC1. The van der Waals surface area contributed by atoms with Gasteiger partial charge in [0.05, 0.1) is 5.56 Å². The van der Waals surface area contributed by atoms with Crippen LogP contribution in [0.5, 0.6) is 5.75 Å². The van der Waals surface area contributed by atoms with E-state index in [9.17, 15) is 22.7 Å². The molecule has 1 heterocycles. The summed E-state index contributed by atoms with van der Waals surface area (Å²) in [4.78, 5) is 1.79. The maximum Gasteiger partial charge on any atom is 0.416 e. The Kier molecular flexibility index (Phi) is 4.19. The molecule has 1 fully saturated rings. The van der Waals surface area contributed by atoms with Crippen LogP contribution < -0.4 is 5.32 Å². The van der Waals surface area contributed by atoms with Gasteiger partial charge in [0.25, 0.3) is 0 Å². The molecule has 0 aromatic heterocycles. The van der Waals surface area contributed by atoms with Gasteiger partial charge in [0.2, 0.25) is 0 Å². The van der Waals surface area contributed by atoms with Crippen molar-refractivity contribution in [3.63, 3.8) is 0 Å². The lowest BCUT2D eigenvalue weighted by molar-refractivity contribution is -0.139. The minimum atomic E-state index is -4.62. The second-order valence-corrected chi connectivity index (χ2v) is 4.82. The highest BCUT2D eigenvalue weighted by molar-refractivity contribution is 5.44. The molecule has 112 valence electrons. The Bertz CT molecular complexity index is 484. The zero-order valence-corrected chi connectivity index (χ0v) is 11.0. The first-order chi connectivity index (χ1) is 9.32. The average Bonchev–Trinajstić information content (AvgIpc) is 2.40. The van der Waals surface area contributed by atoms with Crippen molar-refractivity contribution in [1.82, 2.24) is 10.2 Å². The molecule has 7 heteroatoms. The Morgan fingerprint density at radius 3 is 2.40 bits per heavy atom. The first kappa shape index (κ1) is 15.1. The predicted octanol–water partition coefficient (Wildman–Crippen LogP) is 2.52. The molecule has 1 aromatic rings. The summed E-state index contributed by atoms with van der Waals surface area (Å²) in [5.74, 6) is -1.94. The van der Waals surface area contributed by atoms with Crippen molar-refractivity contribution >= 4 is 0 Å². The molecule has 1 aromatic carbocycles. The Hall–Kier alpha value is -1.34. The maximum absolute atomic E-state index is 13.4. The first-order valence-electron chi connectivity index (χ1n) is 6.35. The van der Waals surface area contributed by atoms with E-state index in [0.717, 1.165) is 0 Å². The number of rotatable bonds is 2. The van der Waals surface area contributed by atoms with Gasteiger partial charge in [-0.05, 0) is 19.1 Å². The predicted molar refractivity (Wildman–Crippen MR) is 65.9 cm³/mol. The number of halogens is 4. The lowest BCUT2D eigenvalue weighted by Crippen LogP contribution is -2.44. The van der Waals surface area contributed by atoms with Gasteiger partial charge >= 0.3 is 6.18 Å². The van der Waals surface area contributed by atoms with Crippen molar-refractivity contribution in [2.75, 3.05) is 26.2 Å². The summed E-state index contributed by atoms with van der Waals surface area (Å²) in [5, 5.41) is 12.8. The lowest BCUT2D eigenvalue weighted by Gasteiger charge is -2.34. The Morgan fingerprint density at radius 1 is 1.25 bits per heavy atom. The molecule has 0 bridgehead atoms. The van der Waals surface area contributed by atoms with Gasteiger partial charge in [0, 0.05) is 37.8 Å². The van der Waals surface area contributed by atoms with Gasteiger partial charge in [0.1, 0.15) is 0 Å². The maximum atomic E-state index is 13.4. The van der Waals surface area contributed by atoms with E-state index in [1.165, 1.54) is 0 Å². The fourth-order valence-electron chi connectivity index (χ4n) is 2.50. The number of phenolic OH excluding ortho intramolecular Hbond substituents is 1. The second-order valence-electron chi connectivity index (χ2n) is 4.82. The highest BCUT2D eigenvalue weighted by atomic mass is 19.4. The molecule has 1 saturated heterocycles. The molecule has 1 atom stereocenters. The van der Waals surface area contributed by atoms with Gasteiger partial charge in [-0.1, -0.05) is 0 Å². The number of benzene rings is 1. The molecular weight excluding hydrogens is 276 g/mol. The molecule has 0 amide bonds. The van der Waals surface area contributed by atoms with E-state index in [0.29, 0.717) is 38.3 Å². The minimum absolute atomic E-state index is 0.389. The molecule has 0 spiro atoms. The van der Waals surface area contributed by atoms with Crippen LogP contribution in [-0.2, 0) is 6.18 Å². The van der Waals surface area contributed by atoms with Crippen molar-refractivity contribution in [3.8, 4) is 5.75 Å².